The summed E-state index contributed by atoms with van der Waals surface area (Å²) in [5, 5.41) is 5.37. The highest BCUT2D eigenvalue weighted by atomic mass is 35.5. The number of halogens is 1. The van der Waals surface area contributed by atoms with Crippen LogP contribution in [0.15, 0.2) is 0 Å². The topological polar surface area (TPSA) is 43.8 Å². The summed E-state index contributed by atoms with van der Waals surface area (Å²) >= 11 is 6.37. The van der Waals surface area contributed by atoms with E-state index in [0.29, 0.717) is 5.92 Å². The van der Waals surface area contributed by atoms with E-state index in [2.05, 4.69) is 32.8 Å². The van der Waals surface area contributed by atoms with E-state index < -0.39 is 0 Å². The van der Waals surface area contributed by atoms with Crippen LogP contribution in [0, 0.1) is 5.92 Å². The molecule has 2 N–H and O–H groups in total. The van der Waals surface area contributed by atoms with Gasteiger partial charge in [0.05, 0.1) is 16.4 Å². The summed E-state index contributed by atoms with van der Waals surface area (Å²) in [6, 6.07) is 0.256. The Morgan fingerprint density at radius 2 is 2.00 bits per heavy atom. The molecule has 1 aromatic heterocycles. The van der Waals surface area contributed by atoms with Crippen molar-refractivity contribution in [1.29, 1.82) is 0 Å². The Labute approximate surface area is 116 Å². The zero-order valence-corrected chi connectivity index (χ0v) is 12.8. The minimum atomic E-state index is 0.256. The van der Waals surface area contributed by atoms with Crippen molar-refractivity contribution in [2.24, 2.45) is 11.7 Å². The third kappa shape index (κ3) is 3.99. The molecule has 104 valence electrons. The predicted molar refractivity (Wildman–Crippen MR) is 78.0 cm³/mol. The number of hydrogen-bond acceptors (Lipinski definition) is 2. The molecule has 1 rings (SSSR count). The van der Waals surface area contributed by atoms with E-state index in [0.717, 1.165) is 48.6 Å². The van der Waals surface area contributed by atoms with Crippen LogP contribution in [0.25, 0.3) is 0 Å². The van der Waals surface area contributed by atoms with Crippen LogP contribution in [-0.2, 0) is 19.4 Å². The molecule has 0 aliphatic heterocycles. The van der Waals surface area contributed by atoms with E-state index in [4.69, 9.17) is 17.3 Å². The molecule has 3 nitrogen and oxygen atoms in total. The number of nitrogens with two attached hydrogens (primary N) is 1. The Kier molecular flexibility index (Phi) is 6.16. The smallest absolute Gasteiger partial charge is 0.0849 e. The van der Waals surface area contributed by atoms with Crippen LogP contribution in [0.3, 0.4) is 0 Å². The van der Waals surface area contributed by atoms with Crippen molar-refractivity contribution in [3.05, 3.63) is 16.4 Å². The van der Waals surface area contributed by atoms with E-state index in [1.807, 2.05) is 4.68 Å². The normalized spacial score (nSPS) is 13.3. The summed E-state index contributed by atoms with van der Waals surface area (Å²) in [5.41, 5.74) is 8.28. The lowest BCUT2D eigenvalue weighted by Gasteiger charge is -2.14. The molecule has 1 atom stereocenters. The van der Waals surface area contributed by atoms with Gasteiger partial charge >= 0.3 is 0 Å². The molecule has 0 amide bonds. The van der Waals surface area contributed by atoms with Gasteiger partial charge in [-0.15, -0.1) is 0 Å². The van der Waals surface area contributed by atoms with Crippen molar-refractivity contribution in [3.8, 4) is 0 Å². The largest absolute Gasteiger partial charge is 0.328 e. The molecule has 1 heterocycles. The second-order valence-corrected chi connectivity index (χ2v) is 5.68. The number of aromatic nitrogens is 2. The molecule has 0 aromatic carbocycles. The maximum Gasteiger partial charge on any atom is 0.0849 e. The van der Waals surface area contributed by atoms with Gasteiger partial charge in [0, 0.05) is 12.6 Å². The second-order valence-electron chi connectivity index (χ2n) is 5.30. The van der Waals surface area contributed by atoms with Crippen LogP contribution in [0.1, 0.15) is 51.9 Å². The minimum absolute atomic E-state index is 0.256. The van der Waals surface area contributed by atoms with Crippen LogP contribution in [-0.4, -0.2) is 15.8 Å². The van der Waals surface area contributed by atoms with Gasteiger partial charge in [-0.25, -0.2) is 0 Å². The Morgan fingerprint density at radius 3 is 2.50 bits per heavy atom. The van der Waals surface area contributed by atoms with Crippen molar-refractivity contribution in [2.75, 3.05) is 0 Å². The minimum Gasteiger partial charge on any atom is -0.328 e. The Bertz CT molecular complexity index is 371. The first-order valence-corrected chi connectivity index (χ1v) is 7.36. The maximum atomic E-state index is 6.37. The van der Waals surface area contributed by atoms with Gasteiger partial charge in [0.25, 0.3) is 0 Å². The Morgan fingerprint density at radius 1 is 1.33 bits per heavy atom. The Hall–Kier alpha value is -0.540. The van der Waals surface area contributed by atoms with Crippen LogP contribution < -0.4 is 5.73 Å². The third-order valence-electron chi connectivity index (χ3n) is 3.22. The van der Waals surface area contributed by atoms with Crippen molar-refractivity contribution in [3.63, 3.8) is 0 Å². The first-order valence-electron chi connectivity index (χ1n) is 6.99. The lowest BCUT2D eigenvalue weighted by atomic mass is 10.00. The van der Waals surface area contributed by atoms with Crippen LogP contribution in [0.5, 0.6) is 0 Å². The summed E-state index contributed by atoms with van der Waals surface area (Å²) in [4.78, 5) is 0. The average molecular weight is 272 g/mol. The monoisotopic (exact) mass is 271 g/mol. The summed E-state index contributed by atoms with van der Waals surface area (Å²) in [6.07, 6.45) is 3.86. The molecule has 18 heavy (non-hydrogen) atoms. The molecular weight excluding hydrogens is 246 g/mol. The summed E-state index contributed by atoms with van der Waals surface area (Å²) < 4.78 is 2.02. The van der Waals surface area contributed by atoms with Gasteiger partial charge in [0.2, 0.25) is 0 Å². The standard InChI is InChI=1S/C14H26ClN3/c1-5-12-14(15)13(18(6-2)17-12)8-7-11(16)9-10(3)4/h10-11H,5-9,16H2,1-4H3. The van der Waals surface area contributed by atoms with Gasteiger partial charge in [-0.3, -0.25) is 4.68 Å². The van der Waals surface area contributed by atoms with Gasteiger partial charge in [-0.1, -0.05) is 32.4 Å². The fraction of sp³-hybridized carbons (Fsp3) is 0.786. The highest BCUT2D eigenvalue weighted by molar-refractivity contribution is 6.31. The van der Waals surface area contributed by atoms with E-state index in [-0.39, 0.29) is 6.04 Å². The average Bonchev–Trinajstić information content (AvgIpc) is 2.62. The molecule has 4 heteroatoms. The number of rotatable bonds is 7. The lowest BCUT2D eigenvalue weighted by Crippen LogP contribution is -2.23. The van der Waals surface area contributed by atoms with Crippen molar-refractivity contribution >= 4 is 11.6 Å². The fourth-order valence-electron chi connectivity index (χ4n) is 2.30. The van der Waals surface area contributed by atoms with Gasteiger partial charge in [-0.05, 0) is 38.5 Å². The summed E-state index contributed by atoms with van der Waals surface area (Å²) in [6.45, 7) is 9.47. The third-order valence-corrected chi connectivity index (χ3v) is 3.66. The molecule has 0 aliphatic carbocycles. The molecule has 0 fully saturated rings. The van der Waals surface area contributed by atoms with E-state index >= 15 is 0 Å². The molecule has 0 aliphatic rings. The predicted octanol–water partition coefficient (Wildman–Crippen LogP) is 3.42. The van der Waals surface area contributed by atoms with Gasteiger partial charge in [-0.2, -0.15) is 5.10 Å². The quantitative estimate of drug-likeness (QED) is 0.826. The van der Waals surface area contributed by atoms with Gasteiger partial charge < -0.3 is 5.73 Å². The summed E-state index contributed by atoms with van der Waals surface area (Å²) in [7, 11) is 0. The maximum absolute atomic E-state index is 6.37. The number of nitrogens with zero attached hydrogens (tertiary/aromatic N) is 2. The Balaban J connectivity index is 2.69. The van der Waals surface area contributed by atoms with Crippen molar-refractivity contribution in [2.45, 2.75) is 66.0 Å². The molecule has 0 saturated heterocycles. The molecule has 0 saturated carbocycles. The zero-order valence-electron chi connectivity index (χ0n) is 12.0. The number of hydrogen-bond donors (Lipinski definition) is 1. The number of aryl methyl sites for hydroxylation is 2. The first kappa shape index (κ1) is 15.5. The highest BCUT2D eigenvalue weighted by Gasteiger charge is 2.15. The van der Waals surface area contributed by atoms with Crippen LogP contribution in [0.4, 0.5) is 0 Å². The molecule has 0 radical (unpaired) electrons. The van der Waals surface area contributed by atoms with E-state index in [9.17, 15) is 0 Å². The van der Waals surface area contributed by atoms with Crippen LogP contribution in [0.2, 0.25) is 5.02 Å². The van der Waals surface area contributed by atoms with E-state index in [1.165, 1.54) is 0 Å². The van der Waals surface area contributed by atoms with Crippen molar-refractivity contribution in [1.82, 2.24) is 9.78 Å². The van der Waals surface area contributed by atoms with Gasteiger partial charge in [0.1, 0.15) is 0 Å². The molecule has 0 bridgehead atoms. The lowest BCUT2D eigenvalue weighted by molar-refractivity contribution is 0.466. The van der Waals surface area contributed by atoms with E-state index in [1.54, 1.807) is 0 Å². The summed E-state index contributed by atoms with van der Waals surface area (Å²) in [5.74, 6) is 0.651. The SMILES string of the molecule is CCc1nn(CC)c(CCC(N)CC(C)C)c1Cl. The van der Waals surface area contributed by atoms with Crippen molar-refractivity contribution < 1.29 is 0 Å². The molecular formula is C14H26ClN3. The second kappa shape index (κ2) is 7.15. The highest BCUT2D eigenvalue weighted by Crippen LogP contribution is 2.23. The fourth-order valence-corrected chi connectivity index (χ4v) is 2.67. The van der Waals surface area contributed by atoms with Crippen LogP contribution >= 0.6 is 11.6 Å². The van der Waals surface area contributed by atoms with Gasteiger partial charge in [0.15, 0.2) is 0 Å². The zero-order chi connectivity index (χ0) is 13.7. The molecule has 1 aromatic rings. The molecule has 0 spiro atoms. The first-order chi connectivity index (χ1) is 8.49. The molecule has 1 unspecified atom stereocenters.